The fourth-order valence-corrected chi connectivity index (χ4v) is 1.65. The van der Waals surface area contributed by atoms with Crippen molar-refractivity contribution in [3.05, 3.63) is 0 Å². The van der Waals surface area contributed by atoms with Gasteiger partial charge in [0.25, 0.3) is 0 Å². The molecule has 0 radical (unpaired) electrons. The van der Waals surface area contributed by atoms with Crippen LogP contribution in [0.5, 0.6) is 0 Å². The Morgan fingerprint density at radius 2 is 2.25 bits per heavy atom. The third-order valence-electron chi connectivity index (χ3n) is 2.83. The zero-order valence-electron chi connectivity index (χ0n) is 7.75. The molecule has 2 saturated carbocycles. The summed E-state index contributed by atoms with van der Waals surface area (Å²) in [4.78, 5) is 5.30. The van der Waals surface area contributed by atoms with Crippen LogP contribution in [0.25, 0.3) is 0 Å². The highest BCUT2D eigenvalue weighted by atomic mass is 16.6. The lowest BCUT2D eigenvalue weighted by atomic mass is 10.1. The molecule has 2 aliphatic carbocycles. The summed E-state index contributed by atoms with van der Waals surface area (Å²) in [5.74, 6) is 1.50. The molecule has 2 rings (SSSR count). The monoisotopic (exact) mass is 167 g/mol. The van der Waals surface area contributed by atoms with Crippen LogP contribution in [0.4, 0.5) is 0 Å². The quantitative estimate of drug-likeness (QED) is 0.592. The third kappa shape index (κ3) is 1.99. The van der Waals surface area contributed by atoms with Gasteiger partial charge in [0.05, 0.1) is 5.71 Å². The minimum atomic E-state index is 0.671. The van der Waals surface area contributed by atoms with Crippen LogP contribution in [0.1, 0.15) is 39.0 Å². The number of oxime groups is 1. The normalized spacial score (nSPS) is 32.8. The first-order valence-electron chi connectivity index (χ1n) is 5.05. The Hall–Kier alpha value is -0.530. The van der Waals surface area contributed by atoms with E-state index in [4.69, 9.17) is 4.84 Å². The molecule has 0 aromatic heterocycles. The summed E-state index contributed by atoms with van der Waals surface area (Å²) < 4.78 is 0. The Balaban J connectivity index is 1.73. The second-order valence-electron chi connectivity index (χ2n) is 4.12. The predicted molar refractivity (Wildman–Crippen MR) is 49.1 cm³/mol. The van der Waals surface area contributed by atoms with Gasteiger partial charge in [0.2, 0.25) is 0 Å². The van der Waals surface area contributed by atoms with Gasteiger partial charge in [0.1, 0.15) is 6.61 Å². The Kier molecular flexibility index (Phi) is 2.33. The summed E-state index contributed by atoms with van der Waals surface area (Å²) in [6, 6.07) is 0. The van der Waals surface area contributed by atoms with E-state index in [9.17, 15) is 0 Å². The fraction of sp³-hybridized carbons (Fsp3) is 0.900. The maximum Gasteiger partial charge on any atom is 0.120 e. The van der Waals surface area contributed by atoms with Crippen molar-refractivity contribution in [2.24, 2.45) is 17.0 Å². The van der Waals surface area contributed by atoms with Crippen LogP contribution in [-0.4, -0.2) is 12.3 Å². The molecule has 0 aromatic rings. The summed E-state index contributed by atoms with van der Waals surface area (Å²) in [6.45, 7) is 3.10. The molecule has 0 amide bonds. The lowest BCUT2D eigenvalue weighted by Gasteiger charge is -2.02. The summed E-state index contributed by atoms with van der Waals surface area (Å²) in [5, 5.41) is 4.20. The van der Waals surface area contributed by atoms with Gasteiger partial charge in [-0.05, 0) is 43.9 Å². The molecule has 2 heteroatoms. The van der Waals surface area contributed by atoms with Gasteiger partial charge < -0.3 is 4.84 Å². The van der Waals surface area contributed by atoms with E-state index in [2.05, 4.69) is 12.1 Å². The standard InChI is InChI=1S/C10H17NO/c1-8-3-2-4-10(8)11-12-7-9-5-6-9/h8-9H,2-7H2,1H3/b11-10+. The topological polar surface area (TPSA) is 21.6 Å². The summed E-state index contributed by atoms with van der Waals surface area (Å²) in [6.07, 6.45) is 6.45. The van der Waals surface area contributed by atoms with Crippen LogP contribution in [-0.2, 0) is 4.84 Å². The Bertz CT molecular complexity index is 184. The smallest absolute Gasteiger partial charge is 0.120 e. The van der Waals surface area contributed by atoms with Crippen molar-refractivity contribution in [2.45, 2.75) is 39.0 Å². The molecule has 1 atom stereocenters. The zero-order chi connectivity index (χ0) is 8.39. The molecule has 0 N–H and O–H groups in total. The van der Waals surface area contributed by atoms with E-state index in [1.807, 2.05) is 0 Å². The van der Waals surface area contributed by atoms with Crippen molar-refractivity contribution >= 4 is 5.71 Å². The lowest BCUT2D eigenvalue weighted by molar-refractivity contribution is 0.132. The average molecular weight is 167 g/mol. The van der Waals surface area contributed by atoms with E-state index in [1.54, 1.807) is 0 Å². The van der Waals surface area contributed by atoms with Crippen LogP contribution >= 0.6 is 0 Å². The first kappa shape index (κ1) is 8.09. The van der Waals surface area contributed by atoms with Crippen molar-refractivity contribution in [3.8, 4) is 0 Å². The van der Waals surface area contributed by atoms with Crippen LogP contribution in [0.15, 0.2) is 5.16 Å². The molecule has 0 spiro atoms. The number of nitrogens with zero attached hydrogens (tertiary/aromatic N) is 1. The second-order valence-corrected chi connectivity index (χ2v) is 4.12. The van der Waals surface area contributed by atoms with Crippen LogP contribution < -0.4 is 0 Å². The highest BCUT2D eigenvalue weighted by molar-refractivity contribution is 5.87. The van der Waals surface area contributed by atoms with Crippen molar-refractivity contribution in [3.63, 3.8) is 0 Å². The van der Waals surface area contributed by atoms with Crippen molar-refractivity contribution < 1.29 is 4.84 Å². The minimum Gasteiger partial charge on any atom is -0.396 e. The molecule has 0 aliphatic heterocycles. The second kappa shape index (κ2) is 3.46. The summed E-state index contributed by atoms with van der Waals surface area (Å²) >= 11 is 0. The highest BCUT2D eigenvalue weighted by Gasteiger charge is 2.23. The largest absolute Gasteiger partial charge is 0.396 e. The maximum atomic E-state index is 5.30. The van der Waals surface area contributed by atoms with E-state index < -0.39 is 0 Å². The maximum absolute atomic E-state index is 5.30. The molecule has 12 heavy (non-hydrogen) atoms. The summed E-state index contributed by atoms with van der Waals surface area (Å²) in [5.41, 5.74) is 1.29. The molecular formula is C10H17NO. The number of hydrogen-bond acceptors (Lipinski definition) is 2. The first-order chi connectivity index (χ1) is 5.86. The van der Waals surface area contributed by atoms with E-state index in [1.165, 1.54) is 31.4 Å². The Morgan fingerprint density at radius 3 is 2.83 bits per heavy atom. The first-order valence-corrected chi connectivity index (χ1v) is 5.05. The fourth-order valence-electron chi connectivity index (χ4n) is 1.65. The molecule has 2 aliphatic rings. The average Bonchev–Trinajstić information content (AvgIpc) is 2.78. The Morgan fingerprint density at radius 1 is 1.42 bits per heavy atom. The van der Waals surface area contributed by atoms with Gasteiger partial charge >= 0.3 is 0 Å². The zero-order valence-corrected chi connectivity index (χ0v) is 7.75. The van der Waals surface area contributed by atoms with E-state index in [-0.39, 0.29) is 0 Å². The van der Waals surface area contributed by atoms with Crippen molar-refractivity contribution in [2.75, 3.05) is 6.61 Å². The molecule has 0 aromatic carbocycles. The van der Waals surface area contributed by atoms with Gasteiger partial charge in [0, 0.05) is 0 Å². The number of hydrogen-bond donors (Lipinski definition) is 0. The molecule has 0 saturated heterocycles. The molecule has 0 heterocycles. The Labute approximate surface area is 74.0 Å². The molecule has 2 nitrogen and oxygen atoms in total. The SMILES string of the molecule is CC1CCC/C1=N\OCC1CC1. The minimum absolute atomic E-state index is 0.671. The predicted octanol–water partition coefficient (Wildman–Crippen LogP) is 2.59. The van der Waals surface area contributed by atoms with Crippen LogP contribution in [0, 0.1) is 11.8 Å². The van der Waals surface area contributed by atoms with Crippen LogP contribution in [0.3, 0.4) is 0 Å². The van der Waals surface area contributed by atoms with Gasteiger partial charge in [-0.1, -0.05) is 12.1 Å². The van der Waals surface area contributed by atoms with Crippen LogP contribution in [0.2, 0.25) is 0 Å². The van der Waals surface area contributed by atoms with Gasteiger partial charge in [-0.2, -0.15) is 0 Å². The van der Waals surface area contributed by atoms with Gasteiger partial charge in [-0.15, -0.1) is 0 Å². The highest BCUT2D eigenvalue weighted by Crippen LogP contribution is 2.29. The van der Waals surface area contributed by atoms with E-state index >= 15 is 0 Å². The van der Waals surface area contributed by atoms with Gasteiger partial charge in [-0.25, -0.2) is 0 Å². The van der Waals surface area contributed by atoms with Crippen molar-refractivity contribution in [1.29, 1.82) is 0 Å². The number of rotatable bonds is 3. The van der Waals surface area contributed by atoms with Gasteiger partial charge in [-0.3, -0.25) is 0 Å². The molecule has 1 unspecified atom stereocenters. The third-order valence-corrected chi connectivity index (χ3v) is 2.83. The van der Waals surface area contributed by atoms with Gasteiger partial charge in [0.15, 0.2) is 0 Å². The van der Waals surface area contributed by atoms with Crippen molar-refractivity contribution in [1.82, 2.24) is 0 Å². The summed E-state index contributed by atoms with van der Waals surface area (Å²) in [7, 11) is 0. The lowest BCUT2D eigenvalue weighted by Crippen LogP contribution is -2.03. The molecule has 2 fully saturated rings. The molecular weight excluding hydrogens is 150 g/mol. The molecule has 0 bridgehead atoms. The molecule has 68 valence electrons. The van der Waals surface area contributed by atoms with E-state index in [0.717, 1.165) is 18.9 Å². The van der Waals surface area contributed by atoms with E-state index in [0.29, 0.717) is 5.92 Å².